The Labute approximate surface area is 251 Å². The van der Waals surface area contributed by atoms with Crippen LogP contribution in [-0.2, 0) is 19.1 Å². The Morgan fingerprint density at radius 3 is 2.14 bits per heavy atom. The molecule has 0 bridgehead atoms. The summed E-state index contributed by atoms with van der Waals surface area (Å²) in [6, 6.07) is 2.99. The van der Waals surface area contributed by atoms with Crippen molar-refractivity contribution < 1.29 is 38.9 Å². The molecule has 0 radical (unpaired) electrons. The fraction of sp³-hybridized carbons (Fsp3) is 0.586. The van der Waals surface area contributed by atoms with Crippen LogP contribution < -0.4 is 15.8 Å². The summed E-state index contributed by atoms with van der Waals surface area (Å²) in [5.41, 5.74) is 6.24. The number of rotatable bonds is 8. The number of likely N-dealkylation sites (tertiary alicyclic amines) is 2. The molecule has 2 atom stereocenters. The molecule has 42 heavy (non-hydrogen) atoms. The van der Waals surface area contributed by atoms with Gasteiger partial charge in [0.15, 0.2) is 0 Å². The Bertz CT molecular complexity index is 1130. The number of benzene rings is 1. The fourth-order valence-corrected chi connectivity index (χ4v) is 5.18. The van der Waals surface area contributed by atoms with Gasteiger partial charge < -0.3 is 40.5 Å². The van der Waals surface area contributed by atoms with Crippen molar-refractivity contribution in [2.24, 2.45) is 11.3 Å². The lowest BCUT2D eigenvalue weighted by Gasteiger charge is -2.41. The Kier molecular flexibility index (Phi) is 13.1. The SMILES string of the molecule is COc1cc(N)c(Cl)cc1C(=O)NC1CCN(CC2CCN(C(=O)C(C)(C)C)CC2)CC1OC.O=C(O)/C=C\C(=O)O. The molecule has 13 heteroatoms. The number of hydrogen-bond acceptors (Lipinski definition) is 8. The molecule has 234 valence electrons. The van der Waals surface area contributed by atoms with Gasteiger partial charge in [0.2, 0.25) is 5.91 Å². The maximum atomic E-state index is 13.0. The van der Waals surface area contributed by atoms with E-state index >= 15 is 0 Å². The highest BCUT2D eigenvalue weighted by Gasteiger charge is 2.34. The van der Waals surface area contributed by atoms with E-state index in [-0.39, 0.29) is 29.4 Å². The number of carboxylic acids is 2. The zero-order chi connectivity index (χ0) is 31.6. The molecular formula is C29H43ClN4O8. The molecule has 3 rings (SSSR count). The number of hydrogen-bond donors (Lipinski definition) is 4. The third-order valence-corrected chi connectivity index (χ3v) is 7.58. The molecule has 1 aromatic rings. The number of halogens is 1. The Hall–Kier alpha value is -3.35. The number of carbonyl (C=O) groups is 4. The number of anilines is 1. The van der Waals surface area contributed by atoms with Crippen molar-refractivity contribution in [3.8, 4) is 5.75 Å². The minimum Gasteiger partial charge on any atom is -0.496 e. The number of nitrogen functional groups attached to an aromatic ring is 1. The number of aliphatic carboxylic acids is 2. The fourth-order valence-electron chi connectivity index (χ4n) is 5.01. The van der Waals surface area contributed by atoms with Gasteiger partial charge in [-0.25, -0.2) is 9.59 Å². The van der Waals surface area contributed by atoms with E-state index in [4.69, 9.17) is 37.0 Å². The molecule has 0 aliphatic carbocycles. The summed E-state index contributed by atoms with van der Waals surface area (Å²) >= 11 is 6.13. The Morgan fingerprint density at radius 2 is 1.64 bits per heavy atom. The van der Waals surface area contributed by atoms with Crippen LogP contribution in [0, 0.1) is 11.3 Å². The molecular weight excluding hydrogens is 568 g/mol. The van der Waals surface area contributed by atoms with Crippen molar-refractivity contribution in [1.82, 2.24) is 15.1 Å². The zero-order valence-electron chi connectivity index (χ0n) is 24.9. The van der Waals surface area contributed by atoms with E-state index in [1.54, 1.807) is 19.2 Å². The highest BCUT2D eigenvalue weighted by molar-refractivity contribution is 6.33. The molecule has 2 fully saturated rings. The maximum Gasteiger partial charge on any atom is 0.328 e. The number of carboxylic acid groups (broad SMARTS) is 2. The Balaban J connectivity index is 0.000000675. The molecule has 2 saturated heterocycles. The van der Waals surface area contributed by atoms with Crippen LogP contribution in [0.5, 0.6) is 5.75 Å². The first-order valence-electron chi connectivity index (χ1n) is 13.8. The lowest BCUT2D eigenvalue weighted by atomic mass is 9.90. The largest absolute Gasteiger partial charge is 0.496 e. The number of nitrogens with zero attached hydrogens (tertiary/aromatic N) is 2. The summed E-state index contributed by atoms with van der Waals surface area (Å²) in [6.07, 6.45) is 3.83. The number of methoxy groups -OCH3 is 2. The lowest BCUT2D eigenvalue weighted by Crippen LogP contribution is -2.56. The highest BCUT2D eigenvalue weighted by Crippen LogP contribution is 2.30. The van der Waals surface area contributed by atoms with Crippen molar-refractivity contribution >= 4 is 41.0 Å². The molecule has 0 spiro atoms. The molecule has 2 unspecified atom stereocenters. The van der Waals surface area contributed by atoms with Gasteiger partial charge in [-0.3, -0.25) is 9.59 Å². The van der Waals surface area contributed by atoms with Crippen LogP contribution in [0.4, 0.5) is 5.69 Å². The first-order chi connectivity index (χ1) is 19.7. The summed E-state index contributed by atoms with van der Waals surface area (Å²) in [7, 11) is 3.18. The summed E-state index contributed by atoms with van der Waals surface area (Å²) in [4.78, 5) is 49.1. The number of carbonyl (C=O) groups excluding carboxylic acids is 2. The molecule has 1 aromatic carbocycles. The second kappa shape index (κ2) is 15.8. The van der Waals surface area contributed by atoms with Crippen molar-refractivity contribution in [2.75, 3.05) is 52.7 Å². The van der Waals surface area contributed by atoms with Gasteiger partial charge in [-0.1, -0.05) is 32.4 Å². The van der Waals surface area contributed by atoms with Gasteiger partial charge in [-0.2, -0.15) is 0 Å². The van der Waals surface area contributed by atoms with Crippen molar-refractivity contribution in [3.63, 3.8) is 0 Å². The van der Waals surface area contributed by atoms with E-state index in [9.17, 15) is 19.2 Å². The highest BCUT2D eigenvalue weighted by atomic mass is 35.5. The molecule has 2 heterocycles. The van der Waals surface area contributed by atoms with Crippen LogP contribution in [0.15, 0.2) is 24.3 Å². The first kappa shape index (κ1) is 34.8. The predicted octanol–water partition coefficient (Wildman–Crippen LogP) is 2.75. The van der Waals surface area contributed by atoms with Crippen molar-refractivity contribution in [3.05, 3.63) is 34.9 Å². The van der Waals surface area contributed by atoms with Crippen molar-refractivity contribution in [2.45, 2.75) is 52.2 Å². The van der Waals surface area contributed by atoms with Crippen molar-refractivity contribution in [1.29, 1.82) is 0 Å². The van der Waals surface area contributed by atoms with Crippen LogP contribution in [0.2, 0.25) is 5.02 Å². The smallest absolute Gasteiger partial charge is 0.328 e. The summed E-state index contributed by atoms with van der Waals surface area (Å²) in [5.74, 6) is -1.58. The lowest BCUT2D eigenvalue weighted by molar-refractivity contribution is -0.141. The molecule has 0 saturated carbocycles. The monoisotopic (exact) mass is 610 g/mol. The van der Waals surface area contributed by atoms with E-state index in [1.165, 1.54) is 7.11 Å². The number of piperidine rings is 2. The van der Waals surface area contributed by atoms with E-state index in [0.29, 0.717) is 40.1 Å². The average molecular weight is 611 g/mol. The number of nitrogens with two attached hydrogens (primary N) is 1. The summed E-state index contributed by atoms with van der Waals surface area (Å²) in [6.45, 7) is 10.2. The Morgan fingerprint density at radius 1 is 1.05 bits per heavy atom. The number of amides is 2. The average Bonchev–Trinajstić information content (AvgIpc) is 2.93. The van der Waals surface area contributed by atoms with Crippen LogP contribution in [-0.4, -0.2) is 103 Å². The van der Waals surface area contributed by atoms with Gasteiger partial charge in [-0.05, 0) is 31.2 Å². The zero-order valence-corrected chi connectivity index (χ0v) is 25.6. The normalized spacial score (nSPS) is 20.0. The van der Waals surface area contributed by atoms with Gasteiger partial charge in [0.1, 0.15) is 5.75 Å². The number of ether oxygens (including phenoxy) is 2. The minimum atomic E-state index is -1.26. The summed E-state index contributed by atoms with van der Waals surface area (Å²) < 4.78 is 11.1. The van der Waals surface area contributed by atoms with E-state index < -0.39 is 11.9 Å². The summed E-state index contributed by atoms with van der Waals surface area (Å²) in [5, 5.41) is 19.0. The van der Waals surface area contributed by atoms with E-state index in [0.717, 1.165) is 52.0 Å². The third kappa shape index (κ3) is 10.5. The van der Waals surface area contributed by atoms with Crippen LogP contribution in [0.1, 0.15) is 50.4 Å². The van der Waals surface area contributed by atoms with Gasteiger partial charge in [0.05, 0.1) is 35.5 Å². The van der Waals surface area contributed by atoms with E-state index in [1.807, 2.05) is 25.7 Å². The minimum absolute atomic E-state index is 0.110. The second-order valence-electron chi connectivity index (χ2n) is 11.5. The van der Waals surface area contributed by atoms with Crippen LogP contribution in [0.3, 0.4) is 0 Å². The quantitative estimate of drug-likeness (QED) is 0.253. The second-order valence-corrected chi connectivity index (χ2v) is 11.9. The van der Waals surface area contributed by atoms with Crippen LogP contribution >= 0.6 is 11.6 Å². The van der Waals surface area contributed by atoms with Gasteiger partial charge in [0.25, 0.3) is 5.91 Å². The predicted molar refractivity (Wildman–Crippen MR) is 159 cm³/mol. The molecule has 2 aliphatic rings. The molecule has 0 aromatic heterocycles. The number of nitrogens with one attached hydrogen (secondary N) is 1. The third-order valence-electron chi connectivity index (χ3n) is 7.25. The standard InChI is InChI=1S/C25H39ClN4O4.C4H4O4/c1-25(2,3)24(32)30-10-6-16(7-11-30)14-29-9-8-20(22(15-29)34-5)28-23(31)17-12-18(26)19(27)13-21(17)33-4;5-3(6)1-2-4(7)8/h12-13,16,20,22H,6-11,14-15,27H2,1-5H3,(H,28,31);1-2H,(H,5,6)(H,7,8)/b;2-1-. The molecule has 2 amide bonds. The van der Waals surface area contributed by atoms with Crippen LogP contribution in [0.25, 0.3) is 0 Å². The molecule has 12 nitrogen and oxygen atoms in total. The van der Waals surface area contributed by atoms with Gasteiger partial charge in [-0.15, -0.1) is 0 Å². The van der Waals surface area contributed by atoms with Gasteiger partial charge >= 0.3 is 11.9 Å². The van der Waals surface area contributed by atoms with E-state index in [2.05, 4.69) is 10.2 Å². The molecule has 5 N–H and O–H groups in total. The first-order valence-corrected chi connectivity index (χ1v) is 14.2. The van der Waals surface area contributed by atoms with Gasteiger partial charge in [0, 0.05) is 63.5 Å². The molecule has 2 aliphatic heterocycles. The maximum absolute atomic E-state index is 13.0. The topological polar surface area (TPSA) is 172 Å².